The summed E-state index contributed by atoms with van der Waals surface area (Å²) in [6.07, 6.45) is 5.89. The molecule has 0 bridgehead atoms. The second-order valence-electron chi connectivity index (χ2n) is 5.35. The minimum atomic E-state index is 0.742. The van der Waals surface area contributed by atoms with Gasteiger partial charge in [-0.3, -0.25) is 4.98 Å². The van der Waals surface area contributed by atoms with Gasteiger partial charge in [0.15, 0.2) is 0 Å². The number of anilines is 1. The largest absolute Gasteiger partial charge is 0.374 e. The summed E-state index contributed by atoms with van der Waals surface area (Å²) in [5.74, 6) is 0. The van der Waals surface area contributed by atoms with Crippen LogP contribution in [0, 0.1) is 18.3 Å². The first-order chi connectivity index (χ1) is 9.70. The number of nitriles is 1. The van der Waals surface area contributed by atoms with E-state index in [-0.39, 0.29) is 0 Å². The molecule has 0 N–H and O–H groups in total. The second-order valence-corrected chi connectivity index (χ2v) is 5.35. The van der Waals surface area contributed by atoms with Gasteiger partial charge in [-0.1, -0.05) is 0 Å². The molecule has 2 heterocycles. The van der Waals surface area contributed by atoms with Gasteiger partial charge in [-0.05, 0) is 54.7 Å². The van der Waals surface area contributed by atoms with Crippen molar-refractivity contribution in [1.29, 1.82) is 5.26 Å². The molecule has 3 nitrogen and oxygen atoms in total. The van der Waals surface area contributed by atoms with Crippen LogP contribution in [0.15, 0.2) is 30.6 Å². The first-order valence-corrected chi connectivity index (χ1v) is 6.90. The Morgan fingerprint density at radius 2 is 2.15 bits per heavy atom. The lowest BCUT2D eigenvalue weighted by atomic mass is 9.91. The quantitative estimate of drug-likeness (QED) is 0.792. The molecule has 0 fully saturated rings. The van der Waals surface area contributed by atoms with Crippen molar-refractivity contribution < 1.29 is 0 Å². The fourth-order valence-electron chi connectivity index (χ4n) is 2.91. The first kappa shape index (κ1) is 12.7. The minimum Gasteiger partial charge on any atom is -0.374 e. The molecule has 0 unspecified atom stereocenters. The maximum atomic E-state index is 9.47. The van der Waals surface area contributed by atoms with E-state index >= 15 is 0 Å². The van der Waals surface area contributed by atoms with Crippen molar-refractivity contribution in [2.75, 3.05) is 18.5 Å². The lowest BCUT2D eigenvalue weighted by Crippen LogP contribution is -2.24. The van der Waals surface area contributed by atoms with Gasteiger partial charge in [-0.15, -0.1) is 0 Å². The van der Waals surface area contributed by atoms with Crippen molar-refractivity contribution in [3.63, 3.8) is 0 Å². The minimum absolute atomic E-state index is 0.742. The highest BCUT2D eigenvalue weighted by Gasteiger charge is 2.18. The predicted octanol–water partition coefficient (Wildman–Crippen LogP) is 3.31. The summed E-state index contributed by atoms with van der Waals surface area (Å²) in [4.78, 5) is 6.37. The van der Waals surface area contributed by atoms with Crippen molar-refractivity contribution in [1.82, 2.24) is 4.98 Å². The van der Waals surface area contributed by atoms with E-state index in [0.717, 1.165) is 35.2 Å². The van der Waals surface area contributed by atoms with Crippen LogP contribution in [0.3, 0.4) is 0 Å². The highest BCUT2D eigenvalue weighted by molar-refractivity contribution is 5.77. The number of benzene rings is 1. The van der Waals surface area contributed by atoms with Gasteiger partial charge < -0.3 is 4.90 Å². The molecule has 1 aromatic heterocycles. The number of hydrogen-bond acceptors (Lipinski definition) is 3. The van der Waals surface area contributed by atoms with E-state index in [2.05, 4.69) is 29.1 Å². The normalized spacial score (nSPS) is 13.8. The van der Waals surface area contributed by atoms with Crippen molar-refractivity contribution in [3.05, 3.63) is 47.3 Å². The molecule has 0 spiro atoms. The van der Waals surface area contributed by atoms with Crippen LogP contribution in [0.1, 0.15) is 23.1 Å². The molecule has 1 aromatic carbocycles. The lowest BCUT2D eigenvalue weighted by Gasteiger charge is -2.28. The van der Waals surface area contributed by atoms with E-state index in [1.165, 1.54) is 17.7 Å². The van der Waals surface area contributed by atoms with Crippen LogP contribution in [-0.4, -0.2) is 18.6 Å². The average molecular weight is 263 g/mol. The summed E-state index contributed by atoms with van der Waals surface area (Å²) in [5, 5.41) is 9.47. The number of aryl methyl sites for hydroxylation is 2. The predicted molar refractivity (Wildman–Crippen MR) is 80.7 cm³/mol. The summed E-state index contributed by atoms with van der Waals surface area (Å²) >= 11 is 0. The van der Waals surface area contributed by atoms with Gasteiger partial charge >= 0.3 is 0 Å². The molecule has 2 aromatic rings. The van der Waals surface area contributed by atoms with E-state index in [1.807, 2.05) is 25.3 Å². The SMILES string of the molecule is Cc1cnccc1-c1cc2c(cc1C#N)N(C)CCC2. The number of hydrogen-bond donors (Lipinski definition) is 0. The number of pyridine rings is 1. The van der Waals surface area contributed by atoms with E-state index in [4.69, 9.17) is 0 Å². The molecular formula is C17H17N3. The third kappa shape index (κ3) is 2.04. The number of fused-ring (bicyclic) bond motifs is 1. The molecule has 3 heteroatoms. The third-order valence-electron chi connectivity index (χ3n) is 4.00. The van der Waals surface area contributed by atoms with Gasteiger partial charge in [0.05, 0.1) is 11.6 Å². The molecule has 100 valence electrons. The highest BCUT2D eigenvalue weighted by atomic mass is 15.1. The van der Waals surface area contributed by atoms with Gasteiger partial charge in [-0.2, -0.15) is 5.26 Å². The van der Waals surface area contributed by atoms with E-state index < -0.39 is 0 Å². The maximum absolute atomic E-state index is 9.47. The highest BCUT2D eigenvalue weighted by Crippen LogP contribution is 2.34. The Bertz CT molecular complexity index is 698. The van der Waals surface area contributed by atoms with E-state index in [1.54, 1.807) is 6.20 Å². The fraction of sp³-hybridized carbons (Fsp3) is 0.294. The topological polar surface area (TPSA) is 39.9 Å². The fourth-order valence-corrected chi connectivity index (χ4v) is 2.91. The summed E-state index contributed by atoms with van der Waals surface area (Å²) < 4.78 is 0. The average Bonchev–Trinajstić information content (AvgIpc) is 2.47. The Morgan fingerprint density at radius 3 is 2.90 bits per heavy atom. The number of nitrogens with zero attached hydrogens (tertiary/aromatic N) is 3. The molecule has 20 heavy (non-hydrogen) atoms. The van der Waals surface area contributed by atoms with Crippen molar-refractivity contribution in [3.8, 4) is 17.2 Å². The van der Waals surface area contributed by atoms with Crippen LogP contribution in [0.2, 0.25) is 0 Å². The van der Waals surface area contributed by atoms with Crippen LogP contribution in [0.25, 0.3) is 11.1 Å². The van der Waals surface area contributed by atoms with Gasteiger partial charge in [-0.25, -0.2) is 0 Å². The molecule has 0 aliphatic carbocycles. The Morgan fingerprint density at radius 1 is 1.30 bits per heavy atom. The molecule has 0 radical (unpaired) electrons. The van der Waals surface area contributed by atoms with Crippen LogP contribution in [0.4, 0.5) is 5.69 Å². The smallest absolute Gasteiger partial charge is 0.0998 e. The molecule has 3 rings (SSSR count). The van der Waals surface area contributed by atoms with Gasteiger partial charge in [0.2, 0.25) is 0 Å². The number of aromatic nitrogens is 1. The van der Waals surface area contributed by atoms with Crippen molar-refractivity contribution in [2.24, 2.45) is 0 Å². The summed E-state index contributed by atoms with van der Waals surface area (Å²) in [7, 11) is 2.09. The number of rotatable bonds is 1. The first-order valence-electron chi connectivity index (χ1n) is 6.90. The van der Waals surface area contributed by atoms with E-state index in [9.17, 15) is 5.26 Å². The van der Waals surface area contributed by atoms with Crippen LogP contribution >= 0.6 is 0 Å². The molecular weight excluding hydrogens is 246 g/mol. The Kier molecular flexibility index (Phi) is 3.15. The zero-order valence-electron chi connectivity index (χ0n) is 11.8. The van der Waals surface area contributed by atoms with E-state index in [0.29, 0.717) is 0 Å². The monoisotopic (exact) mass is 263 g/mol. The van der Waals surface area contributed by atoms with Gasteiger partial charge in [0.25, 0.3) is 0 Å². The summed E-state index contributed by atoms with van der Waals surface area (Å²) in [6.45, 7) is 3.10. The van der Waals surface area contributed by atoms with Gasteiger partial charge in [0.1, 0.15) is 0 Å². The van der Waals surface area contributed by atoms with Crippen LogP contribution in [-0.2, 0) is 6.42 Å². The molecule has 0 atom stereocenters. The summed E-state index contributed by atoms with van der Waals surface area (Å²) in [6, 6.07) is 8.55. The Hall–Kier alpha value is -2.34. The third-order valence-corrected chi connectivity index (χ3v) is 4.00. The zero-order chi connectivity index (χ0) is 14.1. The molecule has 1 aliphatic rings. The second kappa shape index (κ2) is 4.97. The lowest BCUT2D eigenvalue weighted by molar-refractivity contribution is 0.744. The maximum Gasteiger partial charge on any atom is 0.0998 e. The Balaban J connectivity index is 2.22. The molecule has 0 saturated carbocycles. The van der Waals surface area contributed by atoms with Gasteiger partial charge in [0, 0.05) is 37.2 Å². The van der Waals surface area contributed by atoms with Crippen molar-refractivity contribution >= 4 is 5.69 Å². The van der Waals surface area contributed by atoms with Crippen LogP contribution in [0.5, 0.6) is 0 Å². The van der Waals surface area contributed by atoms with Crippen molar-refractivity contribution in [2.45, 2.75) is 19.8 Å². The zero-order valence-corrected chi connectivity index (χ0v) is 11.8. The van der Waals surface area contributed by atoms with Crippen LogP contribution < -0.4 is 4.90 Å². The molecule has 1 aliphatic heterocycles. The standard InChI is InChI=1S/C17H17N3/c1-12-11-19-6-5-15(12)16-8-13-4-3-7-20(2)17(13)9-14(16)10-18/h5-6,8-9,11H,3-4,7H2,1-2H3. The molecule has 0 amide bonds. The summed E-state index contributed by atoms with van der Waals surface area (Å²) in [5.41, 5.74) is 6.51. The Labute approximate surface area is 119 Å². The molecule has 0 saturated heterocycles.